The first-order valence-corrected chi connectivity index (χ1v) is 8.72. The van der Waals surface area contributed by atoms with Crippen LogP contribution >= 0.6 is 51.2 Å². The van der Waals surface area contributed by atoms with Crippen LogP contribution in [0.1, 0.15) is 10.4 Å². The van der Waals surface area contributed by atoms with Crippen molar-refractivity contribution in [3.8, 4) is 11.5 Å². The predicted molar refractivity (Wildman–Crippen MR) is 114 cm³/mol. The van der Waals surface area contributed by atoms with E-state index >= 15 is 0 Å². The summed E-state index contributed by atoms with van der Waals surface area (Å²) in [5, 5.41) is 3.12. The minimum Gasteiger partial charge on any atom is -0.493 e. The zero-order valence-corrected chi connectivity index (χ0v) is 18.3. The zero-order valence-electron chi connectivity index (χ0n) is 13.5. The largest absolute Gasteiger partial charge is 0.493 e. The summed E-state index contributed by atoms with van der Waals surface area (Å²) >= 11 is 5.18. The van der Waals surface area contributed by atoms with Crippen molar-refractivity contribution in [2.45, 2.75) is 13.0 Å². The van der Waals surface area contributed by atoms with Crippen molar-refractivity contribution in [3.05, 3.63) is 44.6 Å². The van der Waals surface area contributed by atoms with Gasteiger partial charge in [0.05, 0.1) is 24.6 Å². The maximum Gasteiger partial charge on any atom is 0.188 e. The maximum absolute atomic E-state index is 5.89. The van der Waals surface area contributed by atoms with Gasteiger partial charge in [0.2, 0.25) is 0 Å². The molecule has 2 aromatic rings. The van der Waals surface area contributed by atoms with Crippen molar-refractivity contribution in [2.24, 2.45) is 10.7 Å². The van der Waals surface area contributed by atoms with Gasteiger partial charge >= 0.3 is 0 Å². The van der Waals surface area contributed by atoms with Crippen LogP contribution in [-0.2, 0) is 13.0 Å². The number of ether oxygens (including phenoxy) is 2. The number of halogens is 2. The smallest absolute Gasteiger partial charge is 0.188 e. The molecule has 1 aromatic carbocycles. The fourth-order valence-electron chi connectivity index (χ4n) is 2.01. The van der Waals surface area contributed by atoms with Crippen molar-refractivity contribution in [1.29, 1.82) is 0 Å². The highest BCUT2D eigenvalue weighted by atomic mass is 127. The van der Waals surface area contributed by atoms with E-state index < -0.39 is 0 Å². The summed E-state index contributed by atoms with van der Waals surface area (Å²) in [7, 11) is 3.23. The Bertz CT molecular complexity index is 679. The first kappa shape index (κ1) is 21.0. The van der Waals surface area contributed by atoms with E-state index in [0.717, 1.165) is 22.3 Å². The topological polar surface area (TPSA) is 68.9 Å². The molecule has 1 heterocycles. The summed E-state index contributed by atoms with van der Waals surface area (Å²) in [6, 6.07) is 9.87. The SMILES string of the molecule is COc1ccc(CN=C(N)NCCc2ccc(Br)s2)cc1OC.I. The van der Waals surface area contributed by atoms with Crippen molar-refractivity contribution < 1.29 is 9.47 Å². The molecule has 0 amide bonds. The lowest BCUT2D eigenvalue weighted by Gasteiger charge is -2.09. The van der Waals surface area contributed by atoms with Gasteiger partial charge in [-0.05, 0) is 52.2 Å². The lowest BCUT2D eigenvalue weighted by atomic mass is 10.2. The highest BCUT2D eigenvalue weighted by Crippen LogP contribution is 2.27. The van der Waals surface area contributed by atoms with E-state index in [1.807, 2.05) is 18.2 Å². The van der Waals surface area contributed by atoms with Gasteiger partial charge in [0.15, 0.2) is 17.5 Å². The van der Waals surface area contributed by atoms with Crippen LogP contribution in [-0.4, -0.2) is 26.7 Å². The molecular formula is C16H21BrIN3O2S. The number of methoxy groups -OCH3 is 2. The molecule has 0 aliphatic heterocycles. The molecule has 8 heteroatoms. The van der Waals surface area contributed by atoms with E-state index in [2.05, 4.69) is 38.4 Å². The van der Waals surface area contributed by atoms with Crippen LogP contribution in [0, 0.1) is 0 Å². The quantitative estimate of drug-likeness (QED) is 0.328. The van der Waals surface area contributed by atoms with Crippen molar-refractivity contribution >= 4 is 57.2 Å². The highest BCUT2D eigenvalue weighted by molar-refractivity contribution is 14.0. The minimum atomic E-state index is 0. The Morgan fingerprint density at radius 3 is 2.58 bits per heavy atom. The third-order valence-corrected chi connectivity index (χ3v) is 4.87. The van der Waals surface area contributed by atoms with E-state index in [4.69, 9.17) is 15.2 Å². The van der Waals surface area contributed by atoms with Crippen molar-refractivity contribution in [2.75, 3.05) is 20.8 Å². The summed E-state index contributed by atoms with van der Waals surface area (Å²) in [6.45, 7) is 1.25. The molecule has 5 nitrogen and oxygen atoms in total. The van der Waals surface area contributed by atoms with E-state index in [-0.39, 0.29) is 24.0 Å². The second-order valence-corrected chi connectivity index (χ2v) is 7.32. The Balaban J connectivity index is 0.00000288. The van der Waals surface area contributed by atoms with Gasteiger partial charge in [-0.25, -0.2) is 4.99 Å². The molecule has 0 atom stereocenters. The Kier molecular flexibility index (Phi) is 9.45. The molecule has 3 N–H and O–H groups in total. The predicted octanol–water partition coefficient (Wildman–Crippen LogP) is 3.79. The van der Waals surface area contributed by atoms with Gasteiger partial charge in [-0.1, -0.05) is 6.07 Å². The molecule has 0 radical (unpaired) electrons. The summed E-state index contributed by atoms with van der Waals surface area (Å²) in [6.07, 6.45) is 0.919. The van der Waals surface area contributed by atoms with E-state index in [1.165, 1.54) is 4.88 Å². The summed E-state index contributed by atoms with van der Waals surface area (Å²) < 4.78 is 11.6. The van der Waals surface area contributed by atoms with Crippen LogP contribution < -0.4 is 20.5 Å². The molecule has 0 saturated heterocycles. The number of hydrogen-bond acceptors (Lipinski definition) is 4. The first-order valence-electron chi connectivity index (χ1n) is 7.11. The van der Waals surface area contributed by atoms with Crippen LogP contribution in [0.25, 0.3) is 0 Å². The molecular weight excluding hydrogens is 505 g/mol. The summed E-state index contributed by atoms with van der Waals surface area (Å²) in [4.78, 5) is 5.65. The highest BCUT2D eigenvalue weighted by Gasteiger charge is 2.04. The van der Waals surface area contributed by atoms with Gasteiger partial charge < -0.3 is 20.5 Å². The van der Waals surface area contributed by atoms with E-state index in [9.17, 15) is 0 Å². The fraction of sp³-hybridized carbons (Fsp3) is 0.312. The van der Waals surface area contributed by atoms with Crippen LogP contribution in [0.2, 0.25) is 0 Å². The monoisotopic (exact) mass is 525 g/mol. The van der Waals surface area contributed by atoms with Crippen molar-refractivity contribution in [1.82, 2.24) is 5.32 Å². The number of hydrogen-bond donors (Lipinski definition) is 2. The third kappa shape index (κ3) is 6.48. The standard InChI is InChI=1S/C16H20BrN3O2S.HI/c1-21-13-5-3-11(9-14(13)22-2)10-20-16(18)19-8-7-12-4-6-15(17)23-12;/h3-6,9H,7-8,10H2,1-2H3,(H3,18,19,20);1H. The number of benzene rings is 1. The average Bonchev–Trinajstić information content (AvgIpc) is 2.98. The maximum atomic E-state index is 5.89. The molecule has 0 unspecified atom stereocenters. The summed E-state index contributed by atoms with van der Waals surface area (Å²) in [5.74, 6) is 1.83. The number of thiophene rings is 1. The van der Waals surface area contributed by atoms with E-state index in [1.54, 1.807) is 25.6 Å². The molecule has 1 aromatic heterocycles. The number of rotatable bonds is 7. The molecule has 2 rings (SSSR count). The molecule has 132 valence electrons. The number of nitrogens with two attached hydrogens (primary N) is 1. The molecule has 0 fully saturated rings. The minimum absolute atomic E-state index is 0. The number of aliphatic imine (C=N–C) groups is 1. The number of nitrogens with zero attached hydrogens (tertiary/aromatic N) is 1. The van der Waals surface area contributed by atoms with Gasteiger partial charge in [0.1, 0.15) is 0 Å². The lowest BCUT2D eigenvalue weighted by molar-refractivity contribution is 0.354. The van der Waals surface area contributed by atoms with Crippen LogP contribution in [0.15, 0.2) is 39.1 Å². The van der Waals surface area contributed by atoms with Gasteiger partial charge in [-0.2, -0.15) is 0 Å². The van der Waals surface area contributed by atoms with Crippen LogP contribution in [0.3, 0.4) is 0 Å². The summed E-state index contributed by atoms with van der Waals surface area (Å²) in [5.41, 5.74) is 6.90. The molecule has 0 saturated carbocycles. The lowest BCUT2D eigenvalue weighted by Crippen LogP contribution is -2.33. The van der Waals surface area contributed by atoms with Gasteiger partial charge in [0.25, 0.3) is 0 Å². The Hall–Kier alpha value is -1.000. The third-order valence-electron chi connectivity index (χ3n) is 3.19. The molecule has 0 bridgehead atoms. The molecule has 0 aliphatic carbocycles. The first-order chi connectivity index (χ1) is 11.1. The van der Waals surface area contributed by atoms with Gasteiger partial charge in [-0.15, -0.1) is 35.3 Å². The Labute approximate surface area is 171 Å². The molecule has 24 heavy (non-hydrogen) atoms. The average molecular weight is 526 g/mol. The molecule has 0 aliphatic rings. The second-order valence-electron chi connectivity index (χ2n) is 4.77. The zero-order chi connectivity index (χ0) is 16.7. The van der Waals surface area contributed by atoms with Gasteiger partial charge in [0, 0.05) is 11.4 Å². The van der Waals surface area contributed by atoms with Crippen molar-refractivity contribution in [3.63, 3.8) is 0 Å². The fourth-order valence-corrected chi connectivity index (χ4v) is 3.49. The van der Waals surface area contributed by atoms with Crippen LogP contribution in [0.5, 0.6) is 11.5 Å². The number of guanidine groups is 1. The van der Waals surface area contributed by atoms with Crippen LogP contribution in [0.4, 0.5) is 0 Å². The van der Waals surface area contributed by atoms with Gasteiger partial charge in [-0.3, -0.25) is 0 Å². The second kappa shape index (κ2) is 10.8. The normalized spacial score (nSPS) is 10.9. The Morgan fingerprint density at radius 1 is 1.21 bits per heavy atom. The number of nitrogens with one attached hydrogen (secondary N) is 1. The van der Waals surface area contributed by atoms with E-state index in [0.29, 0.717) is 24.0 Å². The Morgan fingerprint density at radius 2 is 1.96 bits per heavy atom. The molecule has 0 spiro atoms.